The van der Waals surface area contributed by atoms with Crippen molar-refractivity contribution in [1.29, 1.82) is 0 Å². The summed E-state index contributed by atoms with van der Waals surface area (Å²) in [6.45, 7) is 0. The second-order valence-electron chi connectivity index (χ2n) is 5.77. The Labute approximate surface area is 132 Å². The highest BCUT2D eigenvalue weighted by atomic mass is 19.1. The van der Waals surface area contributed by atoms with Gasteiger partial charge in [-0.2, -0.15) is 0 Å². The van der Waals surface area contributed by atoms with E-state index in [0.717, 1.165) is 36.2 Å². The van der Waals surface area contributed by atoms with Crippen LogP contribution in [0.4, 0.5) is 4.39 Å². The molecular formula is C18H16FN3O. The molecule has 0 spiro atoms. The summed E-state index contributed by atoms with van der Waals surface area (Å²) in [6.07, 6.45) is 9.99. The Kier molecular flexibility index (Phi) is 3.33. The number of benzene rings is 1. The summed E-state index contributed by atoms with van der Waals surface area (Å²) in [7, 11) is 0. The topological polar surface area (TPSA) is 50.2 Å². The monoisotopic (exact) mass is 309 g/mol. The molecule has 0 unspecified atom stereocenters. The van der Waals surface area contributed by atoms with E-state index >= 15 is 0 Å². The van der Waals surface area contributed by atoms with Gasteiger partial charge in [0.15, 0.2) is 0 Å². The van der Waals surface area contributed by atoms with Crippen molar-refractivity contribution in [2.75, 3.05) is 0 Å². The fraction of sp³-hybridized carbons (Fsp3) is 0.222. The molecule has 0 bridgehead atoms. The summed E-state index contributed by atoms with van der Waals surface area (Å²) >= 11 is 0. The maximum Gasteiger partial charge on any atom is 0.291 e. The Bertz CT molecular complexity index is 951. The van der Waals surface area contributed by atoms with Crippen molar-refractivity contribution < 1.29 is 4.39 Å². The van der Waals surface area contributed by atoms with Gasteiger partial charge < -0.3 is 4.98 Å². The van der Waals surface area contributed by atoms with Gasteiger partial charge in [-0.25, -0.2) is 9.37 Å². The van der Waals surface area contributed by atoms with Crippen LogP contribution in [0.25, 0.3) is 22.5 Å². The van der Waals surface area contributed by atoms with Gasteiger partial charge in [0.25, 0.3) is 5.56 Å². The maximum absolute atomic E-state index is 13.2. The maximum atomic E-state index is 13.2. The molecule has 1 aliphatic carbocycles. The number of allylic oxidation sites excluding steroid dienone is 2. The van der Waals surface area contributed by atoms with Gasteiger partial charge in [0.2, 0.25) is 5.65 Å². The van der Waals surface area contributed by atoms with Crippen LogP contribution in [0.15, 0.2) is 47.5 Å². The van der Waals surface area contributed by atoms with E-state index in [0.29, 0.717) is 5.65 Å². The highest BCUT2D eigenvalue weighted by Crippen LogP contribution is 2.34. The average molecular weight is 309 g/mol. The molecule has 3 aromatic rings. The second kappa shape index (κ2) is 5.50. The Hall–Kier alpha value is -2.69. The highest BCUT2D eigenvalue weighted by Gasteiger charge is 2.20. The van der Waals surface area contributed by atoms with E-state index in [9.17, 15) is 9.18 Å². The Morgan fingerprint density at radius 3 is 2.74 bits per heavy atom. The van der Waals surface area contributed by atoms with Gasteiger partial charge in [-0.15, -0.1) is 0 Å². The third kappa shape index (κ3) is 2.38. The first-order chi connectivity index (χ1) is 11.2. The number of hydrogen-bond acceptors (Lipinski definition) is 2. The lowest BCUT2D eigenvalue weighted by atomic mass is 9.94. The minimum Gasteiger partial charge on any atom is -0.324 e. The minimum atomic E-state index is -0.284. The van der Waals surface area contributed by atoms with E-state index in [1.165, 1.54) is 24.1 Å². The summed E-state index contributed by atoms with van der Waals surface area (Å²) < 4.78 is 15.1. The van der Waals surface area contributed by atoms with Gasteiger partial charge in [-0.1, -0.05) is 6.08 Å². The number of nitrogens with zero attached hydrogens (tertiary/aromatic N) is 2. The van der Waals surface area contributed by atoms with Gasteiger partial charge in [-0.05, 0) is 55.5 Å². The first-order valence-corrected chi connectivity index (χ1v) is 7.79. The van der Waals surface area contributed by atoms with Crippen LogP contribution >= 0.6 is 0 Å². The number of halogens is 1. The van der Waals surface area contributed by atoms with Gasteiger partial charge in [0, 0.05) is 18.0 Å². The number of fused-ring (bicyclic) bond motifs is 1. The Morgan fingerprint density at radius 2 is 2.00 bits per heavy atom. The summed E-state index contributed by atoms with van der Waals surface area (Å²) in [4.78, 5) is 19.3. The molecule has 4 rings (SSSR count). The second-order valence-corrected chi connectivity index (χ2v) is 5.77. The van der Waals surface area contributed by atoms with E-state index < -0.39 is 0 Å². The lowest BCUT2D eigenvalue weighted by molar-refractivity contribution is 0.628. The highest BCUT2D eigenvalue weighted by molar-refractivity contribution is 5.80. The fourth-order valence-corrected chi connectivity index (χ4v) is 3.16. The molecule has 0 saturated heterocycles. The Morgan fingerprint density at radius 1 is 1.17 bits per heavy atom. The SMILES string of the molecule is O=c1[nH]ccn2c(C3=CCCCC3)c(-c3ccc(F)cc3)nc12. The average Bonchev–Trinajstić information content (AvgIpc) is 2.97. The van der Waals surface area contributed by atoms with Crippen LogP contribution in [0.2, 0.25) is 0 Å². The van der Waals surface area contributed by atoms with Gasteiger partial charge in [0.05, 0.1) is 11.4 Å². The van der Waals surface area contributed by atoms with Crippen molar-refractivity contribution in [3.05, 3.63) is 64.6 Å². The predicted octanol–water partition coefficient (Wildman–Crippen LogP) is 3.79. The van der Waals surface area contributed by atoms with Crippen molar-refractivity contribution in [3.63, 3.8) is 0 Å². The van der Waals surface area contributed by atoms with E-state index in [1.54, 1.807) is 18.3 Å². The largest absolute Gasteiger partial charge is 0.324 e. The molecular weight excluding hydrogens is 293 g/mol. The minimum absolute atomic E-state index is 0.224. The quantitative estimate of drug-likeness (QED) is 0.783. The molecule has 0 aliphatic heterocycles. The van der Waals surface area contributed by atoms with Gasteiger partial charge in [0.1, 0.15) is 5.82 Å². The first kappa shape index (κ1) is 13.9. The number of imidazole rings is 1. The van der Waals surface area contributed by atoms with Crippen molar-refractivity contribution in [2.24, 2.45) is 0 Å². The van der Waals surface area contributed by atoms with Crippen molar-refractivity contribution in [3.8, 4) is 11.3 Å². The zero-order chi connectivity index (χ0) is 15.8. The van der Waals surface area contributed by atoms with E-state index in [2.05, 4.69) is 16.0 Å². The van der Waals surface area contributed by atoms with Crippen LogP contribution in [-0.2, 0) is 0 Å². The zero-order valence-electron chi connectivity index (χ0n) is 12.6. The molecule has 5 heteroatoms. The normalized spacial score (nSPS) is 14.9. The molecule has 2 heterocycles. The van der Waals surface area contributed by atoms with Crippen molar-refractivity contribution >= 4 is 11.2 Å². The third-order valence-corrected chi connectivity index (χ3v) is 4.27. The molecule has 2 aromatic heterocycles. The standard InChI is InChI=1S/C18H16FN3O/c19-14-8-6-12(7-9-14)15-16(13-4-2-1-3-5-13)22-11-10-20-18(23)17(22)21-15/h4,6-11H,1-3,5H2,(H,20,23). The third-order valence-electron chi connectivity index (χ3n) is 4.27. The lowest BCUT2D eigenvalue weighted by Gasteiger charge is -2.14. The number of hydrogen-bond donors (Lipinski definition) is 1. The van der Waals surface area contributed by atoms with Gasteiger partial charge in [-0.3, -0.25) is 9.20 Å². The summed E-state index contributed by atoms with van der Waals surface area (Å²) in [6, 6.07) is 6.25. The summed E-state index contributed by atoms with van der Waals surface area (Å²) in [5.74, 6) is -0.284. The zero-order valence-corrected chi connectivity index (χ0v) is 12.6. The molecule has 116 valence electrons. The van der Waals surface area contributed by atoms with Gasteiger partial charge >= 0.3 is 0 Å². The van der Waals surface area contributed by atoms with E-state index in [-0.39, 0.29) is 11.4 Å². The molecule has 0 amide bonds. The van der Waals surface area contributed by atoms with E-state index in [1.807, 2.05) is 10.6 Å². The molecule has 0 atom stereocenters. The number of aromatic nitrogens is 3. The molecule has 0 saturated carbocycles. The van der Waals surface area contributed by atoms with Crippen molar-refractivity contribution in [2.45, 2.75) is 25.7 Å². The van der Waals surface area contributed by atoms with Crippen molar-refractivity contribution in [1.82, 2.24) is 14.4 Å². The smallest absolute Gasteiger partial charge is 0.291 e. The first-order valence-electron chi connectivity index (χ1n) is 7.79. The van der Waals surface area contributed by atoms with Crippen LogP contribution in [0.3, 0.4) is 0 Å². The number of rotatable bonds is 2. The summed E-state index contributed by atoms with van der Waals surface area (Å²) in [5.41, 5.74) is 3.84. The van der Waals surface area contributed by atoms with Crippen LogP contribution in [0.1, 0.15) is 31.4 Å². The van der Waals surface area contributed by atoms with Crippen LogP contribution < -0.4 is 5.56 Å². The Balaban J connectivity index is 2.02. The molecule has 1 N–H and O–H groups in total. The molecule has 0 radical (unpaired) electrons. The number of H-pyrrole nitrogens is 1. The molecule has 4 nitrogen and oxygen atoms in total. The lowest BCUT2D eigenvalue weighted by Crippen LogP contribution is -2.09. The molecule has 0 fully saturated rings. The fourth-order valence-electron chi connectivity index (χ4n) is 3.16. The molecule has 1 aromatic carbocycles. The van der Waals surface area contributed by atoms with E-state index in [4.69, 9.17) is 0 Å². The molecule has 23 heavy (non-hydrogen) atoms. The van der Waals surface area contributed by atoms with Crippen LogP contribution in [0, 0.1) is 5.82 Å². The predicted molar refractivity (Wildman–Crippen MR) is 87.7 cm³/mol. The number of aromatic amines is 1. The van der Waals surface area contributed by atoms with Crippen LogP contribution in [0.5, 0.6) is 0 Å². The summed E-state index contributed by atoms with van der Waals surface area (Å²) in [5, 5.41) is 0. The van der Waals surface area contributed by atoms with Crippen LogP contribution in [-0.4, -0.2) is 14.4 Å². The molecule has 1 aliphatic rings. The number of nitrogens with one attached hydrogen (secondary N) is 1.